The minimum atomic E-state index is -0.652. The van der Waals surface area contributed by atoms with Gasteiger partial charge in [-0.2, -0.15) is 0 Å². The van der Waals surface area contributed by atoms with Crippen LogP contribution in [0.15, 0.2) is 36.5 Å². The second-order valence-corrected chi connectivity index (χ2v) is 7.06. The number of aromatic nitrogens is 1. The predicted octanol–water partition coefficient (Wildman–Crippen LogP) is 0.725. The molecule has 0 saturated heterocycles. The van der Waals surface area contributed by atoms with E-state index in [9.17, 15) is 14.7 Å². The first-order valence-electron chi connectivity index (χ1n) is 9.12. The van der Waals surface area contributed by atoms with Crippen LogP contribution in [0.25, 0.3) is 0 Å². The van der Waals surface area contributed by atoms with Crippen LogP contribution in [0.4, 0.5) is 5.69 Å². The number of β-amino-alcohol motifs (C(OH)–C–C–N with tert-alkyl or cyclic N) is 1. The summed E-state index contributed by atoms with van der Waals surface area (Å²) in [5.74, 6) is -0.428. The van der Waals surface area contributed by atoms with Crippen molar-refractivity contribution in [1.82, 2.24) is 15.2 Å². The fourth-order valence-corrected chi connectivity index (χ4v) is 3.60. The molecule has 2 aromatic rings. The molecule has 0 bridgehead atoms. The number of hydrogen-bond donors (Lipinski definition) is 3. The third-order valence-electron chi connectivity index (χ3n) is 5.01. The van der Waals surface area contributed by atoms with Gasteiger partial charge < -0.3 is 15.7 Å². The smallest absolute Gasteiger partial charge is 0.253 e. The lowest BCUT2D eigenvalue weighted by Gasteiger charge is -2.30. The number of carbonyl (C=O) groups is 2. The van der Waals surface area contributed by atoms with Crippen LogP contribution in [0.1, 0.15) is 27.2 Å². The van der Waals surface area contributed by atoms with Gasteiger partial charge in [-0.25, -0.2) is 0 Å². The Kier molecular flexibility index (Phi) is 4.87. The normalized spacial score (nSPS) is 17.0. The fraction of sp³-hybridized carbons (Fsp3) is 0.350. The molecule has 0 radical (unpaired) electrons. The van der Waals surface area contributed by atoms with Crippen molar-refractivity contribution in [3.63, 3.8) is 0 Å². The average molecular weight is 366 g/mol. The largest absolute Gasteiger partial charge is 0.390 e. The second-order valence-electron chi connectivity index (χ2n) is 7.06. The maximum Gasteiger partial charge on any atom is 0.253 e. The minimum Gasteiger partial charge on any atom is -0.390 e. The molecule has 0 spiro atoms. The van der Waals surface area contributed by atoms with E-state index in [-0.39, 0.29) is 24.8 Å². The van der Waals surface area contributed by atoms with E-state index in [2.05, 4.69) is 38.7 Å². The molecular weight excluding hydrogens is 344 g/mol. The zero-order valence-corrected chi connectivity index (χ0v) is 14.9. The molecule has 140 valence electrons. The number of aliphatic hydroxyl groups is 1. The van der Waals surface area contributed by atoms with Crippen LogP contribution >= 0.6 is 0 Å². The Morgan fingerprint density at radius 2 is 2.15 bits per heavy atom. The van der Waals surface area contributed by atoms with Gasteiger partial charge in [-0.1, -0.05) is 24.3 Å². The van der Waals surface area contributed by atoms with Gasteiger partial charge in [0.05, 0.1) is 29.5 Å². The molecule has 1 aromatic heterocycles. The summed E-state index contributed by atoms with van der Waals surface area (Å²) in [5.41, 5.74) is 4.27. The second kappa shape index (κ2) is 7.46. The molecule has 0 fully saturated rings. The molecule has 2 aliphatic rings. The van der Waals surface area contributed by atoms with E-state index in [1.54, 1.807) is 6.07 Å². The number of amides is 2. The Morgan fingerprint density at radius 3 is 3.00 bits per heavy atom. The summed E-state index contributed by atoms with van der Waals surface area (Å²) in [4.78, 5) is 30.0. The molecule has 0 saturated carbocycles. The van der Waals surface area contributed by atoms with Crippen molar-refractivity contribution in [3.05, 3.63) is 58.9 Å². The highest BCUT2D eigenvalue weighted by Crippen LogP contribution is 2.21. The van der Waals surface area contributed by atoms with Crippen LogP contribution in [0.2, 0.25) is 0 Å². The van der Waals surface area contributed by atoms with E-state index in [1.807, 2.05) is 6.07 Å². The molecule has 4 rings (SSSR count). The molecule has 1 aromatic carbocycles. The van der Waals surface area contributed by atoms with E-state index in [1.165, 1.54) is 17.3 Å². The van der Waals surface area contributed by atoms with Gasteiger partial charge in [0, 0.05) is 32.4 Å². The SMILES string of the molecule is O=C1Cc2ncc(C(=O)NC[C@H](O)CN3CCc4ccccc4C3)cc2N1. The lowest BCUT2D eigenvalue weighted by Crippen LogP contribution is -2.42. The van der Waals surface area contributed by atoms with Gasteiger partial charge in [0.2, 0.25) is 5.91 Å². The van der Waals surface area contributed by atoms with Crippen LogP contribution in [-0.4, -0.2) is 52.5 Å². The molecule has 3 N–H and O–H groups in total. The summed E-state index contributed by atoms with van der Waals surface area (Å²) in [6.07, 6.45) is 2.03. The molecule has 0 aliphatic carbocycles. The summed E-state index contributed by atoms with van der Waals surface area (Å²) >= 11 is 0. The number of fused-ring (bicyclic) bond motifs is 2. The number of nitrogens with zero attached hydrogens (tertiary/aromatic N) is 2. The van der Waals surface area contributed by atoms with Crippen LogP contribution < -0.4 is 10.6 Å². The topological polar surface area (TPSA) is 94.6 Å². The number of hydrogen-bond acceptors (Lipinski definition) is 5. The summed E-state index contributed by atoms with van der Waals surface area (Å²) in [7, 11) is 0. The predicted molar refractivity (Wildman–Crippen MR) is 100 cm³/mol. The zero-order chi connectivity index (χ0) is 18.8. The van der Waals surface area contributed by atoms with E-state index in [0.29, 0.717) is 23.5 Å². The number of anilines is 1. The van der Waals surface area contributed by atoms with E-state index >= 15 is 0 Å². The van der Waals surface area contributed by atoms with Gasteiger partial charge in [-0.3, -0.25) is 19.5 Å². The van der Waals surface area contributed by atoms with Gasteiger partial charge in [0.1, 0.15) is 0 Å². The Bertz CT molecular complexity index is 883. The summed E-state index contributed by atoms with van der Waals surface area (Å²) in [6, 6.07) is 9.98. The van der Waals surface area contributed by atoms with Crippen LogP contribution in [0.3, 0.4) is 0 Å². The fourth-order valence-electron chi connectivity index (χ4n) is 3.60. The van der Waals surface area contributed by atoms with Crippen LogP contribution in [0, 0.1) is 0 Å². The average Bonchev–Trinajstić information content (AvgIpc) is 3.05. The quantitative estimate of drug-likeness (QED) is 0.725. The van der Waals surface area contributed by atoms with Gasteiger partial charge >= 0.3 is 0 Å². The zero-order valence-electron chi connectivity index (χ0n) is 14.9. The van der Waals surface area contributed by atoms with Crippen molar-refractivity contribution in [2.45, 2.75) is 25.5 Å². The standard InChI is InChI=1S/C20H22N4O3/c25-16(12-24-6-5-13-3-1-2-4-14(13)11-24)10-22-20(27)15-7-18-17(21-9-15)8-19(26)23-18/h1-4,7,9,16,25H,5-6,8,10-12H2,(H,22,27)(H,23,26)/t16-/m0/s1. The molecule has 3 heterocycles. The van der Waals surface area contributed by atoms with Crippen molar-refractivity contribution < 1.29 is 14.7 Å². The maximum absolute atomic E-state index is 12.3. The molecule has 1 atom stereocenters. The van der Waals surface area contributed by atoms with E-state index in [4.69, 9.17) is 0 Å². The van der Waals surface area contributed by atoms with E-state index in [0.717, 1.165) is 19.5 Å². The first-order valence-corrected chi connectivity index (χ1v) is 9.12. The number of pyridine rings is 1. The molecule has 2 amide bonds. The highest BCUT2D eigenvalue weighted by molar-refractivity contribution is 6.01. The molecule has 27 heavy (non-hydrogen) atoms. The number of rotatable bonds is 5. The Hall–Kier alpha value is -2.77. The van der Waals surface area contributed by atoms with Gasteiger partial charge in [0.25, 0.3) is 5.91 Å². The highest BCUT2D eigenvalue weighted by Gasteiger charge is 2.22. The summed E-state index contributed by atoms with van der Waals surface area (Å²) < 4.78 is 0. The highest BCUT2D eigenvalue weighted by atomic mass is 16.3. The molecular formula is C20H22N4O3. The summed E-state index contributed by atoms with van der Waals surface area (Å²) in [6.45, 7) is 2.39. The Morgan fingerprint density at radius 1 is 1.33 bits per heavy atom. The summed E-state index contributed by atoms with van der Waals surface area (Å²) in [5, 5.41) is 15.7. The first-order chi connectivity index (χ1) is 13.1. The molecule has 7 nitrogen and oxygen atoms in total. The number of benzene rings is 1. The van der Waals surface area contributed by atoms with Gasteiger partial charge in [0.15, 0.2) is 0 Å². The minimum absolute atomic E-state index is 0.117. The van der Waals surface area contributed by atoms with Crippen LogP contribution in [-0.2, 0) is 24.2 Å². The monoisotopic (exact) mass is 366 g/mol. The Labute approximate surface area is 157 Å². The Balaban J connectivity index is 1.28. The number of carbonyl (C=O) groups excluding carboxylic acids is 2. The van der Waals surface area contributed by atoms with Gasteiger partial charge in [-0.15, -0.1) is 0 Å². The van der Waals surface area contributed by atoms with E-state index < -0.39 is 6.10 Å². The third kappa shape index (κ3) is 3.99. The van der Waals surface area contributed by atoms with Crippen molar-refractivity contribution >= 4 is 17.5 Å². The first kappa shape index (κ1) is 17.6. The van der Waals surface area contributed by atoms with Crippen molar-refractivity contribution in [3.8, 4) is 0 Å². The molecule has 0 unspecified atom stereocenters. The molecule has 2 aliphatic heterocycles. The lowest BCUT2D eigenvalue weighted by atomic mass is 10.00. The van der Waals surface area contributed by atoms with Crippen molar-refractivity contribution in [2.75, 3.05) is 25.0 Å². The third-order valence-corrected chi connectivity index (χ3v) is 5.01. The number of nitrogens with one attached hydrogen (secondary N) is 2. The van der Waals surface area contributed by atoms with Crippen molar-refractivity contribution in [1.29, 1.82) is 0 Å². The number of aliphatic hydroxyl groups excluding tert-OH is 1. The molecule has 7 heteroatoms. The van der Waals surface area contributed by atoms with Gasteiger partial charge in [-0.05, 0) is 23.6 Å². The van der Waals surface area contributed by atoms with Crippen LogP contribution in [0.5, 0.6) is 0 Å². The van der Waals surface area contributed by atoms with Crippen molar-refractivity contribution in [2.24, 2.45) is 0 Å². The maximum atomic E-state index is 12.3. The lowest BCUT2D eigenvalue weighted by molar-refractivity contribution is -0.115.